The Morgan fingerprint density at radius 3 is 2.71 bits per heavy atom. The fourth-order valence-corrected chi connectivity index (χ4v) is 2.64. The molecule has 0 aromatic rings. The summed E-state index contributed by atoms with van der Waals surface area (Å²) < 4.78 is 5.74. The number of ether oxygens (including phenoxy) is 1. The fraction of sp³-hybridized carbons (Fsp3) is 0.909. The molecule has 0 radical (unpaired) electrons. The molecule has 0 bridgehead atoms. The highest BCUT2D eigenvalue weighted by molar-refractivity contribution is 5.80. The van der Waals surface area contributed by atoms with Gasteiger partial charge in [-0.3, -0.25) is 5.41 Å². The van der Waals surface area contributed by atoms with E-state index >= 15 is 0 Å². The van der Waals surface area contributed by atoms with Crippen molar-refractivity contribution in [1.29, 1.82) is 5.41 Å². The molecule has 3 unspecified atom stereocenters. The quantitative estimate of drug-likeness (QED) is 0.696. The molecule has 3 atom stereocenters. The summed E-state index contributed by atoms with van der Waals surface area (Å²) in [5.41, 5.74) is 0. The van der Waals surface area contributed by atoms with Crippen molar-refractivity contribution in [3.8, 4) is 0 Å². The van der Waals surface area contributed by atoms with Crippen molar-refractivity contribution in [3.63, 3.8) is 0 Å². The van der Waals surface area contributed by atoms with E-state index in [1.807, 2.05) is 0 Å². The molecule has 1 N–H and O–H groups in total. The molecule has 3 nitrogen and oxygen atoms in total. The highest BCUT2D eigenvalue weighted by atomic mass is 16.5. The molecule has 0 saturated carbocycles. The molecule has 2 rings (SSSR count). The molecule has 2 heterocycles. The van der Waals surface area contributed by atoms with Gasteiger partial charge in [0.05, 0.1) is 24.1 Å². The first-order valence-corrected chi connectivity index (χ1v) is 5.68. The molecule has 3 heteroatoms. The van der Waals surface area contributed by atoms with Crippen molar-refractivity contribution >= 4 is 5.84 Å². The number of piperidine rings is 1. The lowest BCUT2D eigenvalue weighted by atomic mass is 10.0. The van der Waals surface area contributed by atoms with Gasteiger partial charge in [0.1, 0.15) is 0 Å². The van der Waals surface area contributed by atoms with Crippen molar-refractivity contribution in [2.45, 2.75) is 57.8 Å². The first-order valence-electron chi connectivity index (χ1n) is 5.68. The van der Waals surface area contributed by atoms with Crippen LogP contribution in [0.25, 0.3) is 0 Å². The minimum absolute atomic E-state index is 0.295. The van der Waals surface area contributed by atoms with E-state index in [0.29, 0.717) is 18.2 Å². The van der Waals surface area contributed by atoms with Crippen LogP contribution >= 0.6 is 0 Å². The first-order chi connectivity index (χ1) is 6.68. The standard InChI is InChI=1S/C11H20N2O/c1-8-7-10(9(2)14-8)13-6-4-3-5-11(13)12/h8-10,12H,3-7H2,1-2H3. The highest BCUT2D eigenvalue weighted by Gasteiger charge is 2.35. The SMILES string of the molecule is CC1CC(N2CCCCC2=N)C(C)O1. The minimum atomic E-state index is 0.295. The summed E-state index contributed by atoms with van der Waals surface area (Å²) in [5.74, 6) is 0.825. The van der Waals surface area contributed by atoms with E-state index in [1.54, 1.807) is 0 Å². The highest BCUT2D eigenvalue weighted by Crippen LogP contribution is 2.27. The summed E-state index contributed by atoms with van der Waals surface area (Å²) in [7, 11) is 0. The van der Waals surface area contributed by atoms with Gasteiger partial charge in [-0.25, -0.2) is 0 Å². The number of rotatable bonds is 1. The molecule has 2 aliphatic rings. The Balaban J connectivity index is 2.02. The molecule has 0 aromatic carbocycles. The largest absolute Gasteiger partial charge is 0.373 e. The Morgan fingerprint density at radius 1 is 1.36 bits per heavy atom. The van der Waals surface area contributed by atoms with Gasteiger partial charge in [-0.2, -0.15) is 0 Å². The summed E-state index contributed by atoms with van der Waals surface area (Å²) in [6.07, 6.45) is 5.13. The third-order valence-corrected chi connectivity index (χ3v) is 3.37. The molecule has 0 aromatic heterocycles. The number of nitrogens with zero attached hydrogens (tertiary/aromatic N) is 1. The minimum Gasteiger partial charge on any atom is -0.373 e. The zero-order chi connectivity index (χ0) is 10.1. The van der Waals surface area contributed by atoms with Crippen LogP contribution in [0.5, 0.6) is 0 Å². The maximum absolute atomic E-state index is 7.94. The van der Waals surface area contributed by atoms with E-state index in [-0.39, 0.29) is 0 Å². The molecule has 2 saturated heterocycles. The van der Waals surface area contributed by atoms with Crippen LogP contribution in [0.3, 0.4) is 0 Å². The van der Waals surface area contributed by atoms with E-state index in [0.717, 1.165) is 25.2 Å². The second kappa shape index (κ2) is 3.89. The fourth-order valence-electron chi connectivity index (χ4n) is 2.64. The average molecular weight is 196 g/mol. The Kier molecular flexibility index (Phi) is 2.77. The Morgan fingerprint density at radius 2 is 2.14 bits per heavy atom. The molecule has 0 amide bonds. The van der Waals surface area contributed by atoms with Gasteiger partial charge in [0.15, 0.2) is 0 Å². The number of hydrogen-bond donors (Lipinski definition) is 1. The van der Waals surface area contributed by atoms with Gasteiger partial charge in [-0.1, -0.05) is 0 Å². The van der Waals surface area contributed by atoms with Gasteiger partial charge in [-0.05, 0) is 33.1 Å². The van der Waals surface area contributed by atoms with Crippen molar-refractivity contribution < 1.29 is 4.74 Å². The number of nitrogens with one attached hydrogen (secondary N) is 1. The Bertz CT molecular complexity index is 229. The van der Waals surface area contributed by atoms with Crippen LogP contribution in [0.4, 0.5) is 0 Å². The van der Waals surface area contributed by atoms with Gasteiger partial charge in [0, 0.05) is 13.0 Å². The zero-order valence-corrected chi connectivity index (χ0v) is 9.12. The monoisotopic (exact) mass is 196 g/mol. The molecular weight excluding hydrogens is 176 g/mol. The van der Waals surface area contributed by atoms with Crippen molar-refractivity contribution in [1.82, 2.24) is 4.90 Å². The van der Waals surface area contributed by atoms with E-state index in [9.17, 15) is 0 Å². The van der Waals surface area contributed by atoms with E-state index in [2.05, 4.69) is 18.7 Å². The molecular formula is C11H20N2O. The maximum atomic E-state index is 7.94. The van der Waals surface area contributed by atoms with E-state index < -0.39 is 0 Å². The number of hydrogen-bond acceptors (Lipinski definition) is 2. The Hall–Kier alpha value is -0.570. The molecule has 2 aliphatic heterocycles. The molecule has 0 aliphatic carbocycles. The normalized spacial score (nSPS) is 39.1. The third kappa shape index (κ3) is 1.78. The summed E-state index contributed by atoms with van der Waals surface area (Å²) in [5, 5.41) is 7.94. The molecule has 0 spiro atoms. The molecule has 14 heavy (non-hydrogen) atoms. The van der Waals surface area contributed by atoms with Crippen LogP contribution in [-0.2, 0) is 4.74 Å². The van der Waals surface area contributed by atoms with Crippen LogP contribution < -0.4 is 0 Å². The lowest BCUT2D eigenvalue weighted by Gasteiger charge is -2.36. The summed E-state index contributed by atoms with van der Waals surface area (Å²) in [6, 6.07) is 0.456. The number of likely N-dealkylation sites (tertiary alicyclic amines) is 1. The van der Waals surface area contributed by atoms with Crippen LogP contribution in [0.1, 0.15) is 39.5 Å². The van der Waals surface area contributed by atoms with Crippen LogP contribution in [0.15, 0.2) is 0 Å². The topological polar surface area (TPSA) is 36.3 Å². The second-order valence-electron chi connectivity index (χ2n) is 4.55. The van der Waals surface area contributed by atoms with Crippen molar-refractivity contribution in [3.05, 3.63) is 0 Å². The third-order valence-electron chi connectivity index (χ3n) is 3.37. The lowest BCUT2D eigenvalue weighted by molar-refractivity contribution is 0.0501. The smallest absolute Gasteiger partial charge is 0.0961 e. The lowest BCUT2D eigenvalue weighted by Crippen LogP contribution is -2.46. The van der Waals surface area contributed by atoms with Gasteiger partial charge in [0.25, 0.3) is 0 Å². The van der Waals surface area contributed by atoms with Crippen molar-refractivity contribution in [2.75, 3.05) is 6.54 Å². The predicted molar refractivity (Wildman–Crippen MR) is 56.7 cm³/mol. The predicted octanol–water partition coefficient (Wildman–Crippen LogP) is 2.02. The van der Waals surface area contributed by atoms with E-state index in [1.165, 1.54) is 12.8 Å². The Labute approximate surface area is 85.9 Å². The van der Waals surface area contributed by atoms with Crippen molar-refractivity contribution in [2.24, 2.45) is 0 Å². The zero-order valence-electron chi connectivity index (χ0n) is 9.12. The van der Waals surface area contributed by atoms with E-state index in [4.69, 9.17) is 10.1 Å². The van der Waals surface area contributed by atoms with Crippen LogP contribution in [0, 0.1) is 5.41 Å². The summed E-state index contributed by atoms with van der Waals surface area (Å²) in [4.78, 5) is 2.26. The second-order valence-corrected chi connectivity index (χ2v) is 4.55. The van der Waals surface area contributed by atoms with Crippen LogP contribution in [-0.4, -0.2) is 35.5 Å². The van der Waals surface area contributed by atoms with Gasteiger partial charge in [-0.15, -0.1) is 0 Å². The average Bonchev–Trinajstić information content (AvgIpc) is 2.46. The first kappa shape index (κ1) is 9.97. The summed E-state index contributed by atoms with van der Waals surface area (Å²) >= 11 is 0. The summed E-state index contributed by atoms with van der Waals surface area (Å²) in [6.45, 7) is 5.32. The van der Waals surface area contributed by atoms with Crippen LogP contribution in [0.2, 0.25) is 0 Å². The van der Waals surface area contributed by atoms with Gasteiger partial charge in [0.2, 0.25) is 0 Å². The maximum Gasteiger partial charge on any atom is 0.0961 e. The number of amidine groups is 1. The van der Waals surface area contributed by atoms with Gasteiger partial charge >= 0.3 is 0 Å². The molecule has 2 fully saturated rings. The van der Waals surface area contributed by atoms with Gasteiger partial charge < -0.3 is 9.64 Å². The molecule has 80 valence electrons.